The summed E-state index contributed by atoms with van der Waals surface area (Å²) in [6.07, 6.45) is -0.452. The van der Waals surface area contributed by atoms with E-state index in [1.165, 1.54) is 12.0 Å². The second kappa shape index (κ2) is 9.07. The van der Waals surface area contributed by atoms with Crippen LogP contribution in [-0.2, 0) is 19.1 Å². The minimum absolute atomic E-state index is 0.0426. The summed E-state index contributed by atoms with van der Waals surface area (Å²) in [6, 6.07) is 5.36. The Morgan fingerprint density at radius 3 is 2.34 bits per heavy atom. The van der Waals surface area contributed by atoms with Gasteiger partial charge in [0.25, 0.3) is 0 Å². The number of carbonyl (C=O) groups excluding carboxylic acids is 4. The number of nitrogens with zero attached hydrogens (tertiary/aromatic N) is 1. The number of hydrogen-bond acceptors (Lipinski definition) is 6. The smallest absolute Gasteiger partial charge is 0.410 e. The van der Waals surface area contributed by atoms with Crippen molar-refractivity contribution in [2.24, 2.45) is 0 Å². The average molecular weight is 404 g/mol. The fourth-order valence-electron chi connectivity index (χ4n) is 3.02. The van der Waals surface area contributed by atoms with Crippen LogP contribution >= 0.6 is 0 Å². The Kier molecular flexibility index (Phi) is 7.00. The zero-order chi connectivity index (χ0) is 21.8. The molecule has 1 aliphatic rings. The van der Waals surface area contributed by atoms with Crippen LogP contribution in [0, 0.1) is 0 Å². The molecule has 0 bridgehead atoms. The summed E-state index contributed by atoms with van der Waals surface area (Å²) < 4.78 is 10.0. The number of hydrogen-bond donors (Lipinski definition) is 1. The van der Waals surface area contributed by atoms with Crippen LogP contribution < -0.4 is 5.32 Å². The molecule has 1 fully saturated rings. The molecule has 1 saturated heterocycles. The Labute approximate surface area is 170 Å². The third-order valence-corrected chi connectivity index (χ3v) is 4.55. The number of ether oxygens (including phenoxy) is 2. The molecular formula is C21H28N2O6. The van der Waals surface area contributed by atoms with Crippen molar-refractivity contribution in [2.75, 3.05) is 13.7 Å². The van der Waals surface area contributed by atoms with Gasteiger partial charge in [-0.3, -0.25) is 14.5 Å². The van der Waals surface area contributed by atoms with E-state index in [9.17, 15) is 19.2 Å². The van der Waals surface area contributed by atoms with Gasteiger partial charge in [-0.1, -0.05) is 12.1 Å². The van der Waals surface area contributed by atoms with E-state index in [2.05, 4.69) is 10.1 Å². The fourth-order valence-corrected chi connectivity index (χ4v) is 3.02. The molecule has 0 aliphatic carbocycles. The quantitative estimate of drug-likeness (QED) is 0.774. The maximum absolute atomic E-state index is 12.8. The van der Waals surface area contributed by atoms with Crippen molar-refractivity contribution in [2.45, 2.75) is 58.2 Å². The number of esters is 1. The molecule has 8 heteroatoms. The number of likely N-dealkylation sites (tertiary alicyclic amines) is 1. The second-order valence-corrected chi connectivity index (χ2v) is 8.03. The van der Waals surface area contributed by atoms with E-state index in [-0.39, 0.29) is 31.2 Å². The number of methoxy groups -OCH3 is 1. The van der Waals surface area contributed by atoms with Crippen molar-refractivity contribution < 1.29 is 28.7 Å². The van der Waals surface area contributed by atoms with E-state index in [1.54, 1.807) is 52.0 Å². The highest BCUT2D eigenvalue weighted by atomic mass is 16.6. The molecule has 0 saturated carbocycles. The first-order valence-electron chi connectivity index (χ1n) is 9.52. The Hall–Kier alpha value is -2.90. The van der Waals surface area contributed by atoms with Gasteiger partial charge in [0.15, 0.2) is 0 Å². The first-order chi connectivity index (χ1) is 13.5. The number of rotatable bonds is 4. The molecule has 1 aromatic carbocycles. The average Bonchev–Trinajstić information content (AvgIpc) is 2.65. The van der Waals surface area contributed by atoms with Gasteiger partial charge in [-0.2, -0.15) is 0 Å². The van der Waals surface area contributed by atoms with Gasteiger partial charge >= 0.3 is 12.1 Å². The largest absolute Gasteiger partial charge is 0.465 e. The van der Waals surface area contributed by atoms with Gasteiger partial charge in [-0.15, -0.1) is 0 Å². The molecular weight excluding hydrogens is 376 g/mol. The number of carbonyl (C=O) groups is 4. The predicted molar refractivity (Wildman–Crippen MR) is 105 cm³/mol. The highest BCUT2D eigenvalue weighted by Gasteiger charge is 2.38. The number of amides is 2. The lowest BCUT2D eigenvalue weighted by Gasteiger charge is -2.35. The Bertz CT molecular complexity index is 781. The summed E-state index contributed by atoms with van der Waals surface area (Å²) in [5.41, 5.74) is 0.481. The lowest BCUT2D eigenvalue weighted by Crippen LogP contribution is -2.55. The number of Topliss-reactive ketones (excluding diaryl/α,β-unsaturated/α-hetero) is 1. The first-order valence-corrected chi connectivity index (χ1v) is 9.52. The van der Waals surface area contributed by atoms with Crippen molar-refractivity contribution in [1.29, 1.82) is 0 Å². The lowest BCUT2D eigenvalue weighted by molar-refractivity contribution is -0.134. The summed E-state index contributed by atoms with van der Waals surface area (Å²) in [5.74, 6) is -0.935. The van der Waals surface area contributed by atoms with Crippen LogP contribution in [0.4, 0.5) is 4.79 Å². The van der Waals surface area contributed by atoms with Gasteiger partial charge in [0, 0.05) is 19.4 Å². The topological polar surface area (TPSA) is 102 Å². The number of piperidine rings is 1. The summed E-state index contributed by atoms with van der Waals surface area (Å²) >= 11 is 0. The number of nitrogens with one attached hydrogen (secondary N) is 1. The van der Waals surface area contributed by atoms with Crippen molar-refractivity contribution >= 4 is 23.8 Å². The van der Waals surface area contributed by atoms with Gasteiger partial charge < -0.3 is 14.8 Å². The maximum atomic E-state index is 12.8. The van der Waals surface area contributed by atoms with Gasteiger partial charge in [-0.05, 0) is 45.4 Å². The molecule has 2 amide bonds. The Morgan fingerprint density at radius 1 is 1.17 bits per heavy atom. The summed E-state index contributed by atoms with van der Waals surface area (Å²) in [7, 11) is 1.31. The lowest BCUT2D eigenvalue weighted by atomic mass is 9.99. The van der Waals surface area contributed by atoms with Gasteiger partial charge in [0.1, 0.15) is 17.4 Å². The monoisotopic (exact) mass is 404 g/mol. The normalized spacial score (nSPS) is 18.0. The van der Waals surface area contributed by atoms with Crippen molar-refractivity contribution in [3.8, 4) is 0 Å². The third kappa shape index (κ3) is 6.04. The molecule has 0 spiro atoms. The zero-order valence-electron chi connectivity index (χ0n) is 17.5. The van der Waals surface area contributed by atoms with E-state index in [4.69, 9.17) is 4.74 Å². The standard InChI is InChI=1S/C21H28N2O6/c1-13(14-6-8-15(9-7-14)19(26)28-5)22-18(25)17-12-16(24)10-11-23(17)20(27)29-21(2,3)4/h6-9,13,17H,10-12H2,1-5H3,(H,22,25)/t13-,17+/m0/s1. The molecule has 158 valence electrons. The zero-order valence-corrected chi connectivity index (χ0v) is 17.5. The SMILES string of the molecule is COC(=O)c1ccc([C@H](C)NC(=O)[C@H]2CC(=O)CCN2C(=O)OC(C)(C)C)cc1. The highest BCUT2D eigenvalue weighted by Crippen LogP contribution is 2.21. The highest BCUT2D eigenvalue weighted by molar-refractivity contribution is 5.93. The molecule has 8 nitrogen and oxygen atoms in total. The van der Waals surface area contributed by atoms with Crippen LogP contribution in [0.3, 0.4) is 0 Å². The predicted octanol–water partition coefficient (Wildman–Crippen LogP) is 2.62. The van der Waals surface area contributed by atoms with Crippen LogP contribution in [0.15, 0.2) is 24.3 Å². The Morgan fingerprint density at radius 2 is 1.79 bits per heavy atom. The van der Waals surface area contributed by atoms with Crippen molar-refractivity contribution in [1.82, 2.24) is 10.2 Å². The van der Waals surface area contributed by atoms with Crippen LogP contribution in [0.2, 0.25) is 0 Å². The summed E-state index contributed by atoms with van der Waals surface area (Å²) in [5, 5.41) is 2.84. The molecule has 2 atom stereocenters. The molecule has 1 heterocycles. The molecule has 1 N–H and O–H groups in total. The van der Waals surface area contributed by atoms with Crippen molar-refractivity contribution in [3.63, 3.8) is 0 Å². The van der Waals surface area contributed by atoms with Gasteiger partial charge in [-0.25, -0.2) is 9.59 Å². The Balaban J connectivity index is 2.10. The summed E-state index contributed by atoms with van der Waals surface area (Å²) in [6.45, 7) is 7.17. The molecule has 2 rings (SSSR count). The summed E-state index contributed by atoms with van der Waals surface area (Å²) in [4.78, 5) is 50.1. The molecule has 0 aromatic heterocycles. The minimum atomic E-state index is -0.914. The van der Waals surface area contributed by atoms with E-state index >= 15 is 0 Å². The third-order valence-electron chi connectivity index (χ3n) is 4.55. The van der Waals surface area contributed by atoms with Crippen LogP contribution in [-0.4, -0.2) is 54.0 Å². The van der Waals surface area contributed by atoms with E-state index in [1.807, 2.05) is 0 Å². The van der Waals surface area contributed by atoms with E-state index in [0.29, 0.717) is 5.56 Å². The molecule has 1 aromatic rings. The van der Waals surface area contributed by atoms with Gasteiger partial charge in [0.05, 0.1) is 18.7 Å². The van der Waals surface area contributed by atoms with Crippen LogP contribution in [0.1, 0.15) is 62.5 Å². The van der Waals surface area contributed by atoms with Gasteiger partial charge in [0.2, 0.25) is 5.91 Å². The van der Waals surface area contributed by atoms with E-state index < -0.39 is 29.6 Å². The molecule has 1 aliphatic heterocycles. The number of benzene rings is 1. The number of ketones is 1. The molecule has 29 heavy (non-hydrogen) atoms. The van der Waals surface area contributed by atoms with Crippen LogP contribution in [0.5, 0.6) is 0 Å². The second-order valence-electron chi connectivity index (χ2n) is 8.03. The van der Waals surface area contributed by atoms with Crippen LogP contribution in [0.25, 0.3) is 0 Å². The molecule has 0 unspecified atom stereocenters. The van der Waals surface area contributed by atoms with E-state index in [0.717, 1.165) is 5.56 Å². The minimum Gasteiger partial charge on any atom is -0.465 e. The first kappa shape index (κ1) is 22.4. The molecule has 0 radical (unpaired) electrons. The maximum Gasteiger partial charge on any atom is 0.410 e. The van der Waals surface area contributed by atoms with Crippen molar-refractivity contribution in [3.05, 3.63) is 35.4 Å². The fraction of sp³-hybridized carbons (Fsp3) is 0.524.